The highest BCUT2D eigenvalue weighted by molar-refractivity contribution is 7.86. The fraction of sp³-hybridized carbons (Fsp3) is 0.250. The van der Waals surface area contributed by atoms with Gasteiger partial charge in [-0.2, -0.15) is 0 Å². The number of rotatable bonds is 8. The molecule has 1 saturated heterocycles. The Morgan fingerprint density at radius 3 is 2.65 bits per heavy atom. The van der Waals surface area contributed by atoms with Crippen LogP contribution >= 0.6 is 22.9 Å². The number of hydrogen-bond acceptors (Lipinski definition) is 5. The Hall–Kier alpha value is -2.14. The van der Waals surface area contributed by atoms with Gasteiger partial charge < -0.3 is 5.32 Å². The Morgan fingerprint density at radius 1 is 1.26 bits per heavy atom. The first-order valence-electron chi connectivity index (χ1n) is 9.29. The third-order valence-corrected chi connectivity index (χ3v) is 6.94. The van der Waals surface area contributed by atoms with Crippen LogP contribution in [0.1, 0.15) is 11.6 Å². The molecule has 1 aliphatic rings. The average Bonchev–Trinajstić information content (AvgIpc) is 3.22. The van der Waals surface area contributed by atoms with Crippen molar-refractivity contribution in [1.82, 2.24) is 9.88 Å². The van der Waals surface area contributed by atoms with Crippen LogP contribution in [0.15, 0.2) is 58.9 Å². The second kappa shape index (κ2) is 9.15. The summed E-state index contributed by atoms with van der Waals surface area (Å²) in [4.78, 5) is 5.48. The van der Waals surface area contributed by atoms with E-state index in [1.807, 2.05) is 30.3 Å². The van der Waals surface area contributed by atoms with Gasteiger partial charge in [-0.25, -0.2) is 22.4 Å². The Balaban J connectivity index is 1.54. The normalized spacial score (nSPS) is 17.5. The van der Waals surface area contributed by atoms with Gasteiger partial charge in [0.2, 0.25) is 0 Å². The van der Waals surface area contributed by atoms with Crippen molar-refractivity contribution in [2.75, 3.05) is 29.7 Å². The number of halogens is 4. The molecule has 2 unspecified atom stereocenters. The predicted octanol–water partition coefficient (Wildman–Crippen LogP) is 5.17. The highest BCUT2D eigenvalue weighted by atomic mass is 35.5. The van der Waals surface area contributed by atoms with Gasteiger partial charge in [-0.15, -0.1) is 11.3 Å². The van der Waals surface area contributed by atoms with Crippen LogP contribution in [0.25, 0.3) is 0 Å². The maximum atomic E-state index is 14.7. The van der Waals surface area contributed by atoms with Gasteiger partial charge in [0.25, 0.3) is 5.92 Å². The van der Waals surface area contributed by atoms with Gasteiger partial charge in [0.05, 0.1) is 34.7 Å². The van der Waals surface area contributed by atoms with Crippen LogP contribution in [0, 0.1) is 5.82 Å². The molecule has 5 nitrogen and oxygen atoms in total. The zero-order valence-corrected chi connectivity index (χ0v) is 18.4. The SMILES string of the molecule is O=S(Nc1nccs1)c1cc(Cl)c(NC(CN2CC(F)(F)C2)c2ccccc2)cc1F. The Morgan fingerprint density at radius 2 is 2.00 bits per heavy atom. The molecule has 164 valence electrons. The van der Waals surface area contributed by atoms with E-state index in [9.17, 15) is 17.4 Å². The molecule has 0 radical (unpaired) electrons. The lowest BCUT2D eigenvalue weighted by Crippen LogP contribution is -2.57. The van der Waals surface area contributed by atoms with Gasteiger partial charge in [-0.05, 0) is 17.7 Å². The van der Waals surface area contributed by atoms with Crippen LogP contribution in [-0.2, 0) is 11.0 Å². The van der Waals surface area contributed by atoms with E-state index < -0.39 is 22.7 Å². The van der Waals surface area contributed by atoms with E-state index in [2.05, 4.69) is 15.0 Å². The van der Waals surface area contributed by atoms with E-state index in [1.165, 1.54) is 29.7 Å². The minimum absolute atomic E-state index is 0.107. The van der Waals surface area contributed by atoms with Crippen molar-refractivity contribution in [2.45, 2.75) is 16.9 Å². The first-order chi connectivity index (χ1) is 14.8. The molecule has 0 aliphatic carbocycles. The molecule has 2 N–H and O–H groups in total. The van der Waals surface area contributed by atoms with Gasteiger partial charge in [-0.1, -0.05) is 41.9 Å². The molecule has 4 rings (SSSR count). The van der Waals surface area contributed by atoms with Gasteiger partial charge in [0, 0.05) is 18.1 Å². The maximum absolute atomic E-state index is 14.7. The molecule has 0 amide bonds. The van der Waals surface area contributed by atoms with Crippen LogP contribution in [-0.4, -0.2) is 39.6 Å². The van der Waals surface area contributed by atoms with Crippen LogP contribution in [0.2, 0.25) is 5.02 Å². The summed E-state index contributed by atoms with van der Waals surface area (Å²) in [6.07, 6.45) is 1.54. The molecule has 0 bridgehead atoms. The van der Waals surface area contributed by atoms with Gasteiger partial charge >= 0.3 is 0 Å². The molecule has 2 atom stereocenters. The molecule has 2 aromatic carbocycles. The summed E-state index contributed by atoms with van der Waals surface area (Å²) in [7, 11) is -1.88. The third kappa shape index (κ3) is 5.38. The molecule has 0 spiro atoms. The summed E-state index contributed by atoms with van der Waals surface area (Å²) in [5, 5.41) is 5.42. The van der Waals surface area contributed by atoms with Crippen molar-refractivity contribution in [3.63, 3.8) is 0 Å². The summed E-state index contributed by atoms with van der Waals surface area (Å²) in [5.41, 5.74) is 1.14. The monoisotopic (exact) mass is 486 g/mol. The first-order valence-corrected chi connectivity index (χ1v) is 11.7. The number of benzene rings is 2. The number of hydrogen-bond donors (Lipinski definition) is 2. The fourth-order valence-electron chi connectivity index (χ4n) is 3.29. The fourth-order valence-corrected chi connectivity index (χ4v) is 5.15. The second-order valence-corrected chi connectivity index (χ2v) is 9.59. The maximum Gasteiger partial charge on any atom is 0.272 e. The molecule has 0 saturated carbocycles. The molecule has 1 fully saturated rings. The summed E-state index contributed by atoms with van der Waals surface area (Å²) in [6.45, 7) is -0.336. The van der Waals surface area contributed by atoms with Gasteiger partial charge in [0.1, 0.15) is 5.82 Å². The van der Waals surface area contributed by atoms with Gasteiger partial charge in [-0.3, -0.25) is 9.62 Å². The lowest BCUT2D eigenvalue weighted by molar-refractivity contribution is -0.131. The van der Waals surface area contributed by atoms with Crippen molar-refractivity contribution in [3.8, 4) is 0 Å². The lowest BCUT2D eigenvalue weighted by Gasteiger charge is -2.41. The number of likely N-dealkylation sites (tertiary alicyclic amines) is 1. The van der Waals surface area contributed by atoms with Crippen molar-refractivity contribution < 1.29 is 17.4 Å². The van der Waals surface area contributed by atoms with Crippen LogP contribution in [0.5, 0.6) is 0 Å². The standard InChI is InChI=1S/C20H18ClF3N4OS2/c21-14-8-18(31(29)27-19-25-6-7-30-19)15(22)9-16(14)26-17(13-4-2-1-3-5-13)10-28-11-20(23,24)12-28/h1-9,17,26H,10-12H2,(H,25,27). The number of anilines is 2. The van der Waals surface area contributed by atoms with Crippen molar-refractivity contribution >= 4 is 44.7 Å². The highest BCUT2D eigenvalue weighted by Crippen LogP contribution is 2.33. The summed E-state index contributed by atoms with van der Waals surface area (Å²) >= 11 is 7.59. The molecule has 1 aromatic heterocycles. The average molecular weight is 487 g/mol. The first kappa shape index (κ1) is 22.1. The molecule has 31 heavy (non-hydrogen) atoms. The Labute approximate surface area is 188 Å². The third-order valence-electron chi connectivity index (χ3n) is 4.72. The van der Waals surface area contributed by atoms with Crippen molar-refractivity contribution in [1.29, 1.82) is 0 Å². The summed E-state index contributed by atoms with van der Waals surface area (Å²) in [5.74, 6) is -3.39. The van der Waals surface area contributed by atoms with Crippen LogP contribution in [0.4, 0.5) is 24.0 Å². The minimum Gasteiger partial charge on any atom is -0.376 e. The zero-order valence-electron chi connectivity index (χ0n) is 16.0. The second-order valence-electron chi connectivity index (χ2n) is 7.10. The smallest absolute Gasteiger partial charge is 0.272 e. The van der Waals surface area contributed by atoms with E-state index in [4.69, 9.17) is 11.6 Å². The predicted molar refractivity (Wildman–Crippen MR) is 118 cm³/mol. The minimum atomic E-state index is -2.68. The molecular formula is C20H18ClF3N4OS2. The number of nitrogens with zero attached hydrogens (tertiary/aromatic N) is 2. The van der Waals surface area contributed by atoms with E-state index >= 15 is 0 Å². The number of alkyl halides is 2. The van der Waals surface area contributed by atoms with E-state index in [1.54, 1.807) is 10.3 Å². The summed E-state index contributed by atoms with van der Waals surface area (Å²) in [6, 6.07) is 11.3. The largest absolute Gasteiger partial charge is 0.376 e. The van der Waals surface area contributed by atoms with E-state index in [0.717, 1.165) is 5.56 Å². The number of thiazole rings is 1. The lowest BCUT2D eigenvalue weighted by atomic mass is 10.0. The van der Waals surface area contributed by atoms with Gasteiger partial charge in [0.15, 0.2) is 16.1 Å². The molecular weight excluding hydrogens is 469 g/mol. The zero-order chi connectivity index (χ0) is 22.0. The van der Waals surface area contributed by atoms with Crippen molar-refractivity contribution in [3.05, 3.63) is 70.4 Å². The van der Waals surface area contributed by atoms with Crippen molar-refractivity contribution in [2.24, 2.45) is 0 Å². The van der Waals surface area contributed by atoms with E-state index in [-0.39, 0.29) is 34.7 Å². The number of nitrogens with one attached hydrogen (secondary N) is 2. The van der Waals surface area contributed by atoms with E-state index in [0.29, 0.717) is 11.7 Å². The molecule has 3 aromatic rings. The molecule has 1 aliphatic heterocycles. The highest BCUT2D eigenvalue weighted by Gasteiger charge is 2.44. The van der Waals surface area contributed by atoms with Crippen LogP contribution in [0.3, 0.4) is 0 Å². The quantitative estimate of drug-likeness (QED) is 0.461. The van der Waals surface area contributed by atoms with Crippen LogP contribution < -0.4 is 10.0 Å². The Kier molecular flexibility index (Phi) is 6.52. The topological polar surface area (TPSA) is 57.3 Å². The Bertz CT molecular complexity index is 1060. The number of aromatic nitrogens is 1. The molecule has 11 heteroatoms. The summed E-state index contributed by atoms with van der Waals surface area (Å²) < 4.78 is 56.4. The molecule has 2 heterocycles.